The smallest absolute Gasteiger partial charge is 0 e. The summed E-state index contributed by atoms with van der Waals surface area (Å²) in [4.78, 5) is 8.33. The van der Waals surface area contributed by atoms with E-state index in [0.29, 0.717) is 0 Å². The summed E-state index contributed by atoms with van der Waals surface area (Å²) < 4.78 is 0. The van der Waals surface area contributed by atoms with E-state index in [1.165, 1.54) is 0 Å². The fourth-order valence-electron chi connectivity index (χ4n) is 0. The van der Waals surface area contributed by atoms with Crippen molar-refractivity contribution in [1.82, 2.24) is 0 Å². The summed E-state index contributed by atoms with van der Waals surface area (Å²) in [7, 11) is 0. The molecule has 0 aromatic rings. The third-order valence-electron chi connectivity index (χ3n) is 0. The minimum atomic E-state index is -2.33. The van der Waals surface area contributed by atoms with Gasteiger partial charge in [0.2, 0.25) is 0 Å². The number of hydrogen-bond acceptors (Lipinski definition) is 3. The topological polar surface area (TPSA) is 63.2 Å². The zero-order valence-corrected chi connectivity index (χ0v) is 5.36. The van der Waals surface area contributed by atoms with Gasteiger partial charge in [-0.2, -0.15) is 0 Å². The minimum Gasteiger partial charge on any atom is -0.652 e. The van der Waals surface area contributed by atoms with E-state index in [1.54, 1.807) is 0 Å². The Kier molecular flexibility index (Phi) is 8.52. The summed E-state index contributed by atoms with van der Waals surface area (Å²) >= 11 is 0. The molecule has 0 aromatic carbocycles. The molecule has 3 nitrogen and oxygen atoms in total. The van der Waals surface area contributed by atoms with Gasteiger partial charge in [0.15, 0.2) is 0 Å². The summed E-state index contributed by atoms with van der Waals surface area (Å²) in [6.07, 6.45) is -2.33. The molecule has 0 aliphatic carbocycles. The van der Waals surface area contributed by atoms with E-state index in [2.05, 4.69) is 0 Å². The van der Waals surface area contributed by atoms with E-state index in [1.807, 2.05) is 0 Å². The van der Waals surface area contributed by atoms with Crippen molar-refractivity contribution in [3.05, 3.63) is 0 Å². The Morgan fingerprint density at radius 3 is 1.40 bits per heavy atom. The summed E-state index contributed by atoms with van der Waals surface area (Å²) in [5.41, 5.74) is 0. The molecule has 0 saturated carbocycles. The maximum atomic E-state index is 8.33. The van der Waals surface area contributed by atoms with Crippen LogP contribution in [0, 0.1) is 41.7 Å². The van der Waals surface area contributed by atoms with Gasteiger partial charge in [0.05, 0.1) is 0 Å². The molecule has 0 heterocycles. The molecule has 0 amide bonds. The average Bonchev–Trinajstić information content (AvgIpc) is 0.811. The first kappa shape index (κ1) is 9.17. The molecule has 0 saturated heterocycles. The van der Waals surface area contributed by atoms with Crippen molar-refractivity contribution in [2.24, 2.45) is 0 Å². The van der Waals surface area contributed by atoms with Crippen molar-refractivity contribution < 1.29 is 56.8 Å². The first-order chi connectivity index (χ1) is 1.73. The van der Waals surface area contributed by atoms with Crippen LogP contribution < -0.4 is 10.2 Å². The maximum Gasteiger partial charge on any atom is 0 e. The number of carbonyl (C=O) groups is 1. The van der Waals surface area contributed by atoms with Gasteiger partial charge in [0.1, 0.15) is 0 Å². The molecule has 0 aromatic heterocycles. The third-order valence-corrected chi connectivity index (χ3v) is 0. The molecule has 0 aliphatic heterocycles. The molecule has 0 atom stereocenters. The molecule has 0 aliphatic rings. The summed E-state index contributed by atoms with van der Waals surface area (Å²) in [6.45, 7) is 0. The number of hydrogen-bond donors (Lipinski definition) is 0. The van der Waals surface area contributed by atoms with Gasteiger partial charge in [-0.05, 0) is 6.16 Å². The van der Waals surface area contributed by atoms with Crippen molar-refractivity contribution >= 4 is 6.16 Å². The van der Waals surface area contributed by atoms with Crippen molar-refractivity contribution in [3.63, 3.8) is 0 Å². The molecular weight excluding hydrogens is 200 g/mol. The standard InChI is InChI=1S/CH2O3.Ce/c2-1(3)4;/h(H2,2,3,4);/p-2. The van der Waals surface area contributed by atoms with Crippen molar-refractivity contribution in [1.29, 1.82) is 0 Å². The Hall–Kier alpha value is 0.647. The van der Waals surface area contributed by atoms with Crippen LogP contribution in [-0.4, -0.2) is 6.16 Å². The van der Waals surface area contributed by atoms with Crippen molar-refractivity contribution in [2.45, 2.75) is 0 Å². The molecule has 0 rings (SSSR count). The van der Waals surface area contributed by atoms with Gasteiger partial charge in [0.25, 0.3) is 0 Å². The van der Waals surface area contributed by atoms with Crippen LogP contribution in [0.2, 0.25) is 0 Å². The van der Waals surface area contributed by atoms with Gasteiger partial charge in [-0.15, -0.1) is 0 Å². The third kappa shape index (κ3) is 77.8. The largest absolute Gasteiger partial charge is 0.652 e. The van der Waals surface area contributed by atoms with Crippen molar-refractivity contribution in [3.8, 4) is 0 Å². The second-order valence-electron chi connectivity index (χ2n) is 0.250. The predicted molar refractivity (Wildman–Crippen MR) is 5.40 cm³/mol. The molecule has 0 fully saturated rings. The van der Waals surface area contributed by atoms with Gasteiger partial charge in [-0.1, -0.05) is 0 Å². The molecule has 0 N–H and O–H groups in total. The van der Waals surface area contributed by atoms with Gasteiger partial charge in [-0.25, -0.2) is 0 Å². The quantitative estimate of drug-likeness (QED) is 0.436. The minimum absolute atomic E-state index is 0. The Morgan fingerprint density at radius 2 is 1.40 bits per heavy atom. The second-order valence-corrected chi connectivity index (χ2v) is 0.250. The first-order valence-corrected chi connectivity index (χ1v) is 0.612. The first-order valence-electron chi connectivity index (χ1n) is 0.612. The second kappa shape index (κ2) is 4.65. The van der Waals surface area contributed by atoms with Crippen LogP contribution >= 0.6 is 0 Å². The van der Waals surface area contributed by atoms with Crippen LogP contribution in [0.25, 0.3) is 0 Å². The number of carboxylic acid groups (broad SMARTS) is 2. The van der Waals surface area contributed by atoms with Crippen LogP contribution in [0.5, 0.6) is 0 Å². The summed E-state index contributed by atoms with van der Waals surface area (Å²) in [6, 6.07) is 0. The van der Waals surface area contributed by atoms with E-state index in [0.717, 1.165) is 0 Å². The zero-order valence-electron chi connectivity index (χ0n) is 2.22. The van der Waals surface area contributed by atoms with E-state index in [9.17, 15) is 0 Å². The fraction of sp³-hybridized carbons (Fsp3) is 0. The Bertz CT molecular complexity index is 29.9. The predicted octanol–water partition coefficient (Wildman–Crippen LogP) is -2.45. The van der Waals surface area contributed by atoms with E-state index in [-0.39, 0.29) is 41.7 Å². The monoisotopic (exact) mass is 200 g/mol. The maximum absolute atomic E-state index is 8.33. The molecule has 0 spiro atoms. The van der Waals surface area contributed by atoms with E-state index >= 15 is 0 Å². The van der Waals surface area contributed by atoms with Crippen LogP contribution in [0.1, 0.15) is 0 Å². The fourth-order valence-corrected chi connectivity index (χ4v) is 0. The Morgan fingerprint density at radius 1 is 1.40 bits per heavy atom. The van der Waals surface area contributed by atoms with Gasteiger partial charge >= 0.3 is 0 Å². The summed E-state index contributed by atoms with van der Waals surface area (Å²) in [5.74, 6) is 0. The van der Waals surface area contributed by atoms with Gasteiger partial charge < -0.3 is 15.0 Å². The Balaban J connectivity index is 0. The molecule has 0 bridgehead atoms. The Labute approximate surface area is 62.4 Å². The molecule has 4 heteroatoms. The van der Waals surface area contributed by atoms with E-state index in [4.69, 9.17) is 15.0 Å². The number of carbonyl (C=O) groups excluding carboxylic acids is 1. The van der Waals surface area contributed by atoms with E-state index < -0.39 is 6.16 Å². The molecular formula is CCeO3-2. The normalized spacial score (nSPS) is 4.80. The number of rotatable bonds is 0. The van der Waals surface area contributed by atoms with Gasteiger partial charge in [0, 0.05) is 41.7 Å². The van der Waals surface area contributed by atoms with Crippen LogP contribution in [-0.2, 0) is 0 Å². The molecule has 0 unspecified atom stereocenters. The van der Waals surface area contributed by atoms with Gasteiger partial charge in [-0.3, -0.25) is 0 Å². The van der Waals surface area contributed by atoms with Crippen LogP contribution in [0.3, 0.4) is 0 Å². The van der Waals surface area contributed by atoms with Crippen LogP contribution in [0.15, 0.2) is 0 Å². The molecule has 0 radical (unpaired) electrons. The van der Waals surface area contributed by atoms with Crippen molar-refractivity contribution in [2.75, 3.05) is 0 Å². The molecule has 5 heavy (non-hydrogen) atoms. The molecule has 28 valence electrons. The van der Waals surface area contributed by atoms with Crippen LogP contribution in [0.4, 0.5) is 4.79 Å². The zero-order chi connectivity index (χ0) is 3.58. The SMILES string of the molecule is O=C([O-])[O-].[Ce]. The average molecular weight is 200 g/mol. The summed E-state index contributed by atoms with van der Waals surface area (Å²) in [5, 5.41) is 16.7.